The van der Waals surface area contributed by atoms with Gasteiger partial charge < -0.3 is 19.5 Å². The van der Waals surface area contributed by atoms with Gasteiger partial charge in [-0.3, -0.25) is 14.9 Å². The van der Waals surface area contributed by atoms with Crippen LogP contribution in [0, 0.1) is 10.1 Å². The Balaban J connectivity index is 1.51. The van der Waals surface area contributed by atoms with Gasteiger partial charge in [0.15, 0.2) is 0 Å². The van der Waals surface area contributed by atoms with Crippen molar-refractivity contribution in [3.8, 4) is 16.9 Å². The van der Waals surface area contributed by atoms with Crippen LogP contribution in [-0.4, -0.2) is 66.4 Å². The number of aliphatic hydroxyl groups is 1. The molecule has 12 nitrogen and oxygen atoms in total. The van der Waals surface area contributed by atoms with Crippen molar-refractivity contribution in [1.29, 1.82) is 0 Å². The Labute approximate surface area is 281 Å². The van der Waals surface area contributed by atoms with E-state index >= 15 is 0 Å². The molecule has 2 N–H and O–H groups in total. The first-order chi connectivity index (χ1) is 22.6. The van der Waals surface area contributed by atoms with Gasteiger partial charge in [-0.2, -0.15) is 0 Å². The average molecular weight is 682 g/mol. The number of nitrogens with zero attached hydrogens (tertiary/aromatic N) is 2. The number of non-ortho nitro benzene ring substituents is 1. The minimum atomic E-state index is -3.77. The lowest BCUT2D eigenvalue weighted by Crippen LogP contribution is -2.40. The fourth-order valence-electron chi connectivity index (χ4n) is 5.44. The number of benzene rings is 3. The fourth-order valence-corrected chi connectivity index (χ4v) is 5.89. The lowest BCUT2D eigenvalue weighted by Gasteiger charge is -2.29. The number of carbonyl (C=O) groups is 2. The number of nitro benzene ring substituents is 1. The molecule has 0 unspecified atom stereocenters. The van der Waals surface area contributed by atoms with Crippen molar-refractivity contribution in [2.24, 2.45) is 0 Å². The number of amides is 2. The fraction of sp³-hybridized carbons (Fsp3) is 0.429. The monoisotopic (exact) mass is 681 g/mol. The third-order valence-electron chi connectivity index (χ3n) is 7.82. The number of ether oxygens (including phenoxy) is 2. The summed E-state index contributed by atoms with van der Waals surface area (Å²) in [7, 11) is -3.77. The SMILES string of the molecule is CC(C)(C)OC(=O)N(CCc1ccc(-c2ccc(C(=O)NS(C)(=O)=O)c(OC3CCCCC3)c2)cc1)C[C@H](O)c1cccc([N+](=O)[O-])c1. The van der Waals surface area contributed by atoms with E-state index < -0.39 is 38.7 Å². The first kappa shape index (κ1) is 36.3. The minimum absolute atomic E-state index is 0.0652. The molecular formula is C35H43N3O9S. The largest absolute Gasteiger partial charge is 0.490 e. The number of sulfonamides is 1. The number of nitro groups is 1. The summed E-state index contributed by atoms with van der Waals surface area (Å²) in [5, 5.41) is 22.1. The van der Waals surface area contributed by atoms with Gasteiger partial charge in [-0.15, -0.1) is 0 Å². The second kappa shape index (κ2) is 15.6. The lowest BCUT2D eigenvalue weighted by molar-refractivity contribution is -0.385. The van der Waals surface area contributed by atoms with Gasteiger partial charge in [0.25, 0.3) is 11.6 Å². The molecule has 48 heavy (non-hydrogen) atoms. The van der Waals surface area contributed by atoms with E-state index in [1.54, 1.807) is 45.0 Å². The summed E-state index contributed by atoms with van der Waals surface area (Å²) in [6, 6.07) is 18.3. The zero-order chi connectivity index (χ0) is 35.1. The van der Waals surface area contributed by atoms with Crippen molar-refractivity contribution < 1.29 is 37.5 Å². The Hall–Kier alpha value is -4.49. The average Bonchev–Trinajstić information content (AvgIpc) is 3.02. The zero-order valence-electron chi connectivity index (χ0n) is 27.7. The van der Waals surface area contributed by atoms with Crippen LogP contribution in [0.25, 0.3) is 11.1 Å². The van der Waals surface area contributed by atoms with Gasteiger partial charge in [0.2, 0.25) is 10.0 Å². The van der Waals surface area contributed by atoms with Crippen LogP contribution in [0.4, 0.5) is 10.5 Å². The first-order valence-corrected chi connectivity index (χ1v) is 17.8. The van der Waals surface area contributed by atoms with Crippen molar-refractivity contribution in [2.75, 3.05) is 19.3 Å². The molecule has 0 spiro atoms. The highest BCUT2D eigenvalue weighted by Crippen LogP contribution is 2.31. The van der Waals surface area contributed by atoms with Crippen LogP contribution in [0.2, 0.25) is 0 Å². The van der Waals surface area contributed by atoms with E-state index in [1.807, 2.05) is 29.0 Å². The predicted molar refractivity (Wildman–Crippen MR) is 181 cm³/mol. The normalized spacial score (nSPS) is 14.5. The quantitative estimate of drug-likeness (QED) is 0.168. The van der Waals surface area contributed by atoms with Gasteiger partial charge in [0, 0.05) is 18.7 Å². The maximum absolute atomic E-state index is 13.1. The van der Waals surface area contributed by atoms with Crippen LogP contribution in [0.15, 0.2) is 66.7 Å². The maximum Gasteiger partial charge on any atom is 0.410 e. The number of aliphatic hydroxyl groups excluding tert-OH is 1. The Morgan fingerprint density at radius 2 is 1.69 bits per heavy atom. The molecular weight excluding hydrogens is 638 g/mol. The molecule has 3 aromatic rings. The van der Waals surface area contributed by atoms with Crippen LogP contribution in [-0.2, 0) is 21.2 Å². The maximum atomic E-state index is 13.1. The Morgan fingerprint density at radius 3 is 2.31 bits per heavy atom. The molecule has 0 radical (unpaired) electrons. The van der Waals surface area contributed by atoms with E-state index in [0.717, 1.165) is 55.1 Å². The molecule has 2 amide bonds. The molecule has 13 heteroatoms. The second-order valence-electron chi connectivity index (χ2n) is 13.0. The lowest BCUT2D eigenvalue weighted by atomic mass is 9.97. The zero-order valence-corrected chi connectivity index (χ0v) is 28.5. The van der Waals surface area contributed by atoms with Gasteiger partial charge in [0.1, 0.15) is 11.4 Å². The van der Waals surface area contributed by atoms with E-state index in [2.05, 4.69) is 0 Å². The van der Waals surface area contributed by atoms with Gasteiger partial charge in [-0.05, 0) is 87.3 Å². The number of rotatable bonds is 12. The Bertz CT molecular complexity index is 1710. The molecule has 0 heterocycles. The van der Waals surface area contributed by atoms with Gasteiger partial charge in [-0.25, -0.2) is 17.9 Å². The molecule has 0 bridgehead atoms. The third kappa shape index (κ3) is 10.8. The first-order valence-electron chi connectivity index (χ1n) is 15.9. The summed E-state index contributed by atoms with van der Waals surface area (Å²) in [5.74, 6) is -0.435. The number of nitrogens with one attached hydrogen (secondary N) is 1. The number of carbonyl (C=O) groups excluding carboxylic acids is 2. The van der Waals surface area contributed by atoms with Crippen LogP contribution in [0.3, 0.4) is 0 Å². The molecule has 1 aliphatic rings. The standard InChI is InChI=1S/C35H43N3O9S/c1-35(2,3)47-34(41)37(23-31(39)27-9-8-10-28(21-27)38(42)43)20-19-24-13-15-25(16-14-24)26-17-18-30(33(40)36-48(4,44)45)32(22-26)46-29-11-6-5-7-12-29/h8-10,13-18,21-22,29,31,39H,5-7,11-12,19-20,23H2,1-4H3,(H,36,40)/t31-/m0/s1. The highest BCUT2D eigenvalue weighted by atomic mass is 32.2. The van der Waals surface area contributed by atoms with Crippen molar-refractivity contribution in [3.63, 3.8) is 0 Å². The summed E-state index contributed by atoms with van der Waals surface area (Å²) in [4.78, 5) is 38.0. The van der Waals surface area contributed by atoms with Gasteiger partial charge >= 0.3 is 6.09 Å². The van der Waals surface area contributed by atoms with Gasteiger partial charge in [0.05, 0.1) is 35.5 Å². The van der Waals surface area contributed by atoms with Crippen LogP contribution < -0.4 is 9.46 Å². The van der Waals surface area contributed by atoms with Crippen molar-refractivity contribution in [3.05, 3.63) is 93.5 Å². The third-order valence-corrected chi connectivity index (χ3v) is 8.37. The van der Waals surface area contributed by atoms with E-state index in [1.165, 1.54) is 23.1 Å². The highest BCUT2D eigenvalue weighted by Gasteiger charge is 2.26. The Kier molecular flexibility index (Phi) is 11.8. The predicted octanol–water partition coefficient (Wildman–Crippen LogP) is 6.18. The van der Waals surface area contributed by atoms with Crippen LogP contribution in [0.1, 0.15) is 80.5 Å². The molecule has 258 valence electrons. The summed E-state index contributed by atoms with van der Waals surface area (Å²) < 4.78 is 37.3. The Morgan fingerprint density at radius 1 is 1.02 bits per heavy atom. The van der Waals surface area contributed by atoms with E-state index in [0.29, 0.717) is 17.7 Å². The molecule has 1 fully saturated rings. The topological polar surface area (TPSA) is 165 Å². The molecule has 1 aliphatic carbocycles. The van der Waals surface area contributed by atoms with E-state index in [-0.39, 0.29) is 30.4 Å². The smallest absolute Gasteiger partial charge is 0.410 e. The summed E-state index contributed by atoms with van der Waals surface area (Å²) in [6.07, 6.45) is 4.39. The number of hydrogen-bond donors (Lipinski definition) is 2. The minimum Gasteiger partial charge on any atom is -0.490 e. The molecule has 1 saturated carbocycles. The van der Waals surface area contributed by atoms with Crippen LogP contribution >= 0.6 is 0 Å². The van der Waals surface area contributed by atoms with E-state index in [4.69, 9.17) is 9.47 Å². The van der Waals surface area contributed by atoms with Crippen LogP contribution in [0.5, 0.6) is 5.75 Å². The summed E-state index contributed by atoms with van der Waals surface area (Å²) in [5.41, 5.74) is 2.05. The van der Waals surface area contributed by atoms with Gasteiger partial charge in [-0.1, -0.05) is 48.9 Å². The number of hydrogen-bond acceptors (Lipinski definition) is 9. The molecule has 4 rings (SSSR count). The molecule has 0 aromatic heterocycles. The summed E-state index contributed by atoms with van der Waals surface area (Å²) >= 11 is 0. The second-order valence-corrected chi connectivity index (χ2v) is 14.8. The summed E-state index contributed by atoms with van der Waals surface area (Å²) in [6.45, 7) is 5.32. The highest BCUT2D eigenvalue weighted by molar-refractivity contribution is 7.89. The molecule has 0 saturated heterocycles. The molecule has 3 aromatic carbocycles. The van der Waals surface area contributed by atoms with Crippen molar-refractivity contribution >= 4 is 27.7 Å². The van der Waals surface area contributed by atoms with Crippen molar-refractivity contribution in [1.82, 2.24) is 9.62 Å². The van der Waals surface area contributed by atoms with E-state index in [9.17, 15) is 33.2 Å². The van der Waals surface area contributed by atoms with Crippen molar-refractivity contribution in [2.45, 2.75) is 77.1 Å². The molecule has 1 atom stereocenters. The molecule has 0 aliphatic heterocycles.